The molecule has 0 aromatic heterocycles. The van der Waals surface area contributed by atoms with Crippen LogP contribution in [-0.4, -0.2) is 48.8 Å². The first-order valence-corrected chi connectivity index (χ1v) is 11.3. The van der Waals surface area contributed by atoms with Crippen LogP contribution in [0.4, 0.5) is 0 Å². The van der Waals surface area contributed by atoms with E-state index in [0.717, 1.165) is 54.1 Å². The molecule has 1 N–H and O–H groups in total. The first-order chi connectivity index (χ1) is 15.5. The summed E-state index contributed by atoms with van der Waals surface area (Å²) in [4.78, 5) is 13.5. The lowest BCUT2D eigenvalue weighted by atomic mass is 9.97. The number of benzene rings is 2. The number of ether oxygens (including phenoxy) is 3. The molecule has 0 aliphatic carbocycles. The van der Waals surface area contributed by atoms with E-state index in [1.165, 1.54) is 0 Å². The fourth-order valence-corrected chi connectivity index (χ4v) is 4.39. The van der Waals surface area contributed by atoms with Crippen LogP contribution in [-0.2, 0) is 11.4 Å². The molecule has 2 aromatic carbocycles. The first kappa shape index (κ1) is 22.5. The van der Waals surface area contributed by atoms with Crippen LogP contribution in [0.25, 0.3) is 6.08 Å². The highest BCUT2D eigenvalue weighted by atomic mass is 35.5. The number of hydrogen-bond donors (Lipinski definition) is 1. The fourth-order valence-electron chi connectivity index (χ4n) is 4.13. The Kier molecular flexibility index (Phi) is 7.22. The fraction of sp³-hybridized carbons (Fsp3) is 0.400. The van der Waals surface area contributed by atoms with Crippen molar-refractivity contribution in [1.29, 1.82) is 0 Å². The Balaban J connectivity index is 1.36. The minimum Gasteiger partial charge on any atom is -0.492 e. The van der Waals surface area contributed by atoms with Gasteiger partial charge >= 0.3 is 5.97 Å². The minimum atomic E-state index is -0.700. The summed E-state index contributed by atoms with van der Waals surface area (Å²) < 4.78 is 17.4. The molecule has 0 saturated carbocycles. The van der Waals surface area contributed by atoms with E-state index in [4.69, 9.17) is 25.8 Å². The Hall–Kier alpha value is -2.70. The van der Waals surface area contributed by atoms with Gasteiger partial charge in [0, 0.05) is 24.7 Å². The Morgan fingerprint density at radius 3 is 2.91 bits per heavy atom. The zero-order valence-electron chi connectivity index (χ0n) is 18.2. The van der Waals surface area contributed by atoms with Crippen LogP contribution < -0.4 is 14.2 Å². The van der Waals surface area contributed by atoms with Gasteiger partial charge in [-0.25, -0.2) is 0 Å². The Bertz CT molecular complexity index is 1010. The zero-order chi connectivity index (χ0) is 22.5. The van der Waals surface area contributed by atoms with Gasteiger partial charge in [0.1, 0.15) is 30.5 Å². The van der Waals surface area contributed by atoms with E-state index in [-0.39, 0.29) is 5.92 Å². The molecule has 7 heteroatoms. The normalized spacial score (nSPS) is 18.3. The minimum absolute atomic E-state index is 0.272. The van der Waals surface area contributed by atoms with Gasteiger partial charge in [-0.2, -0.15) is 0 Å². The number of aliphatic carboxylic acids is 1. The molecule has 1 atom stereocenters. The van der Waals surface area contributed by atoms with Crippen molar-refractivity contribution < 1.29 is 24.1 Å². The van der Waals surface area contributed by atoms with Crippen molar-refractivity contribution in [2.45, 2.75) is 26.4 Å². The zero-order valence-corrected chi connectivity index (χ0v) is 18.9. The van der Waals surface area contributed by atoms with Crippen LogP contribution in [0.15, 0.2) is 42.0 Å². The largest absolute Gasteiger partial charge is 0.492 e. The van der Waals surface area contributed by atoms with Gasteiger partial charge in [0.05, 0.1) is 17.5 Å². The second kappa shape index (κ2) is 10.3. The van der Waals surface area contributed by atoms with E-state index < -0.39 is 5.97 Å². The molecule has 2 aromatic rings. The summed E-state index contributed by atoms with van der Waals surface area (Å²) in [7, 11) is 0. The van der Waals surface area contributed by atoms with Crippen molar-refractivity contribution in [1.82, 2.24) is 4.90 Å². The molecule has 0 radical (unpaired) electrons. The molecule has 6 nitrogen and oxygen atoms in total. The van der Waals surface area contributed by atoms with Gasteiger partial charge in [-0.1, -0.05) is 17.7 Å². The number of nitrogens with zero attached hydrogens (tertiary/aromatic N) is 1. The van der Waals surface area contributed by atoms with Gasteiger partial charge < -0.3 is 19.3 Å². The van der Waals surface area contributed by atoms with Crippen molar-refractivity contribution in [3.63, 3.8) is 0 Å². The molecule has 170 valence electrons. The van der Waals surface area contributed by atoms with E-state index in [0.29, 0.717) is 37.1 Å². The van der Waals surface area contributed by atoms with Crippen molar-refractivity contribution in [3.05, 3.63) is 58.1 Å². The second-order valence-corrected chi connectivity index (χ2v) is 8.60. The van der Waals surface area contributed by atoms with E-state index >= 15 is 0 Å². The third-order valence-electron chi connectivity index (χ3n) is 5.74. The smallest absolute Gasteiger partial charge is 0.307 e. The summed E-state index contributed by atoms with van der Waals surface area (Å²) in [5.41, 5.74) is 3.12. The number of hydrogen-bond acceptors (Lipinski definition) is 5. The molecule has 2 aliphatic heterocycles. The van der Waals surface area contributed by atoms with Crippen LogP contribution >= 0.6 is 11.6 Å². The van der Waals surface area contributed by atoms with E-state index in [9.17, 15) is 9.90 Å². The SMILES string of the molecule is CCOc1ccc(COc2ccc3c(c2)OCC(CN2CCC[C@H](C(=O)O)C2)=C3)cc1Cl. The molecular formula is C25H28ClNO5. The summed E-state index contributed by atoms with van der Waals surface area (Å²) >= 11 is 6.25. The van der Waals surface area contributed by atoms with Gasteiger partial charge in [0.2, 0.25) is 0 Å². The molecule has 0 amide bonds. The third-order valence-corrected chi connectivity index (χ3v) is 6.04. The van der Waals surface area contributed by atoms with E-state index in [1.807, 2.05) is 43.3 Å². The van der Waals surface area contributed by atoms with Crippen LogP contribution in [0, 0.1) is 5.92 Å². The summed E-state index contributed by atoms with van der Waals surface area (Å²) in [6.07, 6.45) is 3.82. The van der Waals surface area contributed by atoms with Gasteiger partial charge in [-0.05, 0) is 67.8 Å². The van der Waals surface area contributed by atoms with Gasteiger partial charge in [-0.3, -0.25) is 9.69 Å². The lowest BCUT2D eigenvalue weighted by molar-refractivity contribution is -0.143. The lowest BCUT2D eigenvalue weighted by Crippen LogP contribution is -2.40. The molecule has 32 heavy (non-hydrogen) atoms. The molecule has 1 fully saturated rings. The second-order valence-electron chi connectivity index (χ2n) is 8.19. The lowest BCUT2D eigenvalue weighted by Gasteiger charge is -2.32. The third kappa shape index (κ3) is 5.56. The number of fused-ring (bicyclic) bond motifs is 1. The summed E-state index contributed by atoms with van der Waals surface area (Å²) in [5.74, 6) is 1.22. The van der Waals surface area contributed by atoms with Crippen molar-refractivity contribution in [2.75, 3.05) is 32.8 Å². The average molecular weight is 458 g/mol. The number of piperidine rings is 1. The van der Waals surface area contributed by atoms with Crippen LogP contribution in [0.3, 0.4) is 0 Å². The van der Waals surface area contributed by atoms with Crippen molar-refractivity contribution in [3.8, 4) is 17.2 Å². The summed E-state index contributed by atoms with van der Waals surface area (Å²) in [5, 5.41) is 9.86. The molecule has 1 saturated heterocycles. The number of carboxylic acids is 1. The van der Waals surface area contributed by atoms with E-state index in [2.05, 4.69) is 11.0 Å². The highest BCUT2D eigenvalue weighted by molar-refractivity contribution is 6.32. The van der Waals surface area contributed by atoms with Crippen molar-refractivity contribution >= 4 is 23.6 Å². The summed E-state index contributed by atoms with van der Waals surface area (Å²) in [6.45, 7) is 5.65. The molecule has 4 rings (SSSR count). The molecule has 0 bridgehead atoms. The number of likely N-dealkylation sites (tertiary alicyclic amines) is 1. The number of carboxylic acid groups (broad SMARTS) is 1. The predicted octanol–water partition coefficient (Wildman–Crippen LogP) is 4.89. The average Bonchev–Trinajstić information content (AvgIpc) is 2.79. The van der Waals surface area contributed by atoms with Gasteiger partial charge in [0.25, 0.3) is 0 Å². The van der Waals surface area contributed by atoms with Crippen LogP contribution in [0.2, 0.25) is 5.02 Å². The number of halogens is 1. The maximum absolute atomic E-state index is 11.3. The molecule has 2 aliphatic rings. The topological polar surface area (TPSA) is 68.2 Å². The number of carbonyl (C=O) groups is 1. The van der Waals surface area contributed by atoms with Crippen molar-refractivity contribution in [2.24, 2.45) is 5.92 Å². The highest BCUT2D eigenvalue weighted by Crippen LogP contribution is 2.32. The monoisotopic (exact) mass is 457 g/mol. The van der Waals surface area contributed by atoms with Gasteiger partial charge in [0.15, 0.2) is 0 Å². The van der Waals surface area contributed by atoms with Crippen LogP contribution in [0.5, 0.6) is 17.2 Å². The molecular weight excluding hydrogens is 430 g/mol. The highest BCUT2D eigenvalue weighted by Gasteiger charge is 2.26. The van der Waals surface area contributed by atoms with E-state index in [1.54, 1.807) is 0 Å². The Morgan fingerprint density at radius 2 is 2.12 bits per heavy atom. The maximum Gasteiger partial charge on any atom is 0.307 e. The predicted molar refractivity (Wildman–Crippen MR) is 124 cm³/mol. The quantitative estimate of drug-likeness (QED) is 0.608. The van der Waals surface area contributed by atoms with Gasteiger partial charge in [-0.15, -0.1) is 0 Å². The Morgan fingerprint density at radius 1 is 1.25 bits per heavy atom. The standard InChI is InChI=1S/C25H28ClNO5/c1-2-30-23-8-5-17(11-22(23)26)15-31-21-7-6-19-10-18(16-32-24(19)12-21)13-27-9-3-4-20(14-27)25(28)29/h5-8,10-12,20H,2-4,9,13-16H2,1H3,(H,28,29)/t20-/m0/s1. The van der Waals surface area contributed by atoms with Crippen LogP contribution in [0.1, 0.15) is 30.9 Å². The summed E-state index contributed by atoms with van der Waals surface area (Å²) in [6, 6.07) is 11.5. The molecule has 0 spiro atoms. The molecule has 2 heterocycles. The maximum atomic E-state index is 11.3. The first-order valence-electron chi connectivity index (χ1n) is 11.0. The number of rotatable bonds is 8. The Labute approximate surface area is 193 Å². The molecule has 0 unspecified atom stereocenters.